The van der Waals surface area contributed by atoms with E-state index in [1.807, 2.05) is 0 Å². The zero-order valence-electron chi connectivity index (χ0n) is 4.09. The Morgan fingerprint density at radius 3 is 1.86 bits per heavy atom. The zero-order valence-corrected chi connectivity index (χ0v) is 4.09. The molecule has 0 aliphatic rings. The molecule has 7 N–H and O–H groups in total. The summed E-state index contributed by atoms with van der Waals surface area (Å²) in [5.41, 5.74) is 14.8. The number of nitrogens with two attached hydrogens (primary N) is 3. The van der Waals surface area contributed by atoms with E-state index in [1.54, 1.807) is 0 Å². The number of rotatable bonds is 2. The molecule has 0 aromatic rings. The third-order valence-corrected chi connectivity index (χ3v) is 0.545. The molecule has 0 rings (SSSR count). The minimum atomic E-state index is -1.57. The first-order valence-corrected chi connectivity index (χ1v) is 2.06. The van der Waals surface area contributed by atoms with E-state index >= 15 is 0 Å². The van der Waals surface area contributed by atoms with Gasteiger partial charge >= 0.3 is 0 Å². The molecule has 0 unspecified atom stereocenters. The smallest absolute Gasteiger partial charge is 0.167 e. The summed E-state index contributed by atoms with van der Waals surface area (Å²) in [6.45, 7) is 0.309. The Kier molecular flexibility index (Phi) is 2.17. The van der Waals surface area contributed by atoms with Crippen LogP contribution in [0.5, 0.6) is 0 Å². The van der Waals surface area contributed by atoms with E-state index in [4.69, 9.17) is 22.3 Å². The Balaban J connectivity index is 3.15. The zero-order chi connectivity index (χ0) is 5.91. The van der Waals surface area contributed by atoms with Gasteiger partial charge < -0.3 is 10.8 Å². The molecule has 0 heterocycles. The molecule has 44 valence electrons. The quantitative estimate of drug-likeness (QED) is 0.302. The molecule has 0 fully saturated rings. The Hall–Kier alpha value is -0.160. The third-order valence-electron chi connectivity index (χ3n) is 0.545. The molecule has 0 saturated carbocycles. The van der Waals surface area contributed by atoms with Gasteiger partial charge in [-0.25, -0.2) is 0 Å². The molecule has 0 aromatic heterocycles. The van der Waals surface area contributed by atoms with E-state index in [-0.39, 0.29) is 6.42 Å². The van der Waals surface area contributed by atoms with Crippen LogP contribution in [0.25, 0.3) is 0 Å². The van der Waals surface area contributed by atoms with Gasteiger partial charge in [-0.2, -0.15) is 0 Å². The second-order valence-corrected chi connectivity index (χ2v) is 1.53. The second-order valence-electron chi connectivity index (χ2n) is 1.53. The van der Waals surface area contributed by atoms with Crippen molar-refractivity contribution in [1.82, 2.24) is 0 Å². The molecular weight excluding hydrogens is 94.1 g/mol. The van der Waals surface area contributed by atoms with Crippen LogP contribution >= 0.6 is 0 Å². The van der Waals surface area contributed by atoms with Crippen LogP contribution in [0.15, 0.2) is 0 Å². The van der Waals surface area contributed by atoms with Gasteiger partial charge in [-0.05, 0) is 6.54 Å². The van der Waals surface area contributed by atoms with Gasteiger partial charge in [0.05, 0.1) is 0 Å². The Labute approximate surface area is 42.3 Å². The van der Waals surface area contributed by atoms with E-state index in [2.05, 4.69) is 0 Å². The summed E-state index contributed by atoms with van der Waals surface area (Å²) in [7, 11) is 0. The van der Waals surface area contributed by atoms with Gasteiger partial charge in [0.25, 0.3) is 0 Å². The molecule has 0 amide bonds. The third kappa shape index (κ3) is 5.84. The molecule has 0 spiro atoms. The fraction of sp³-hybridized carbons (Fsp3) is 1.00. The molecule has 0 aliphatic carbocycles. The molecule has 0 radical (unpaired) electrons. The molecule has 4 heteroatoms. The van der Waals surface area contributed by atoms with Gasteiger partial charge in [-0.15, -0.1) is 0 Å². The summed E-state index contributed by atoms with van der Waals surface area (Å²) in [5.74, 6) is -1.57. The van der Waals surface area contributed by atoms with E-state index < -0.39 is 5.85 Å². The summed E-state index contributed by atoms with van der Waals surface area (Å²) in [6, 6.07) is 0. The van der Waals surface area contributed by atoms with Crippen molar-refractivity contribution in [3.05, 3.63) is 0 Å². The molecule has 0 bridgehead atoms. The standard InChI is InChI=1S/C3H11N3O/c4-2-1-3(5,6)7/h7H,1-2,4-6H2. The van der Waals surface area contributed by atoms with Crippen molar-refractivity contribution in [2.45, 2.75) is 12.3 Å². The lowest BCUT2D eigenvalue weighted by molar-refractivity contribution is 0.0475. The van der Waals surface area contributed by atoms with E-state index in [9.17, 15) is 0 Å². The van der Waals surface area contributed by atoms with Crippen LogP contribution < -0.4 is 17.2 Å². The molecule has 0 saturated heterocycles. The van der Waals surface area contributed by atoms with E-state index in [1.165, 1.54) is 0 Å². The first-order chi connectivity index (χ1) is 3.06. The Morgan fingerprint density at radius 1 is 1.43 bits per heavy atom. The van der Waals surface area contributed by atoms with Crippen molar-refractivity contribution in [2.24, 2.45) is 17.2 Å². The highest BCUT2D eigenvalue weighted by molar-refractivity contribution is 4.59. The maximum absolute atomic E-state index is 8.49. The summed E-state index contributed by atoms with van der Waals surface area (Å²) >= 11 is 0. The van der Waals surface area contributed by atoms with E-state index in [0.29, 0.717) is 6.54 Å². The van der Waals surface area contributed by atoms with Crippen molar-refractivity contribution in [1.29, 1.82) is 0 Å². The SMILES string of the molecule is NCCC(N)(N)O. The van der Waals surface area contributed by atoms with Crippen LogP contribution in [0.4, 0.5) is 0 Å². The predicted octanol–water partition coefficient (Wildman–Crippen LogP) is -2.10. The van der Waals surface area contributed by atoms with Crippen LogP contribution in [-0.4, -0.2) is 17.5 Å². The summed E-state index contributed by atoms with van der Waals surface area (Å²) < 4.78 is 0. The maximum atomic E-state index is 8.49. The van der Waals surface area contributed by atoms with Gasteiger partial charge in [0.2, 0.25) is 0 Å². The Bertz CT molecular complexity index is 48.6. The Morgan fingerprint density at radius 2 is 1.86 bits per heavy atom. The average molecular weight is 105 g/mol. The lowest BCUT2D eigenvalue weighted by Gasteiger charge is -2.14. The lowest BCUT2D eigenvalue weighted by Crippen LogP contribution is -2.50. The number of aliphatic hydroxyl groups is 1. The average Bonchev–Trinajstić information content (AvgIpc) is 1.30. The molecule has 4 nitrogen and oxygen atoms in total. The molecule has 0 aromatic carbocycles. The highest BCUT2D eigenvalue weighted by atomic mass is 16.3. The summed E-state index contributed by atoms with van der Waals surface area (Å²) in [6.07, 6.45) is 0.229. The van der Waals surface area contributed by atoms with Crippen molar-refractivity contribution in [2.75, 3.05) is 6.54 Å². The van der Waals surface area contributed by atoms with Crippen LogP contribution in [0.3, 0.4) is 0 Å². The van der Waals surface area contributed by atoms with Crippen molar-refractivity contribution >= 4 is 0 Å². The summed E-state index contributed by atoms with van der Waals surface area (Å²) in [4.78, 5) is 0. The minimum Gasteiger partial charge on any atom is -0.363 e. The van der Waals surface area contributed by atoms with Gasteiger partial charge in [-0.3, -0.25) is 11.5 Å². The highest BCUT2D eigenvalue weighted by Crippen LogP contribution is 1.85. The largest absolute Gasteiger partial charge is 0.363 e. The van der Waals surface area contributed by atoms with Crippen molar-refractivity contribution in [3.8, 4) is 0 Å². The van der Waals surface area contributed by atoms with Crippen molar-refractivity contribution in [3.63, 3.8) is 0 Å². The maximum Gasteiger partial charge on any atom is 0.167 e. The van der Waals surface area contributed by atoms with Crippen LogP contribution in [0.1, 0.15) is 6.42 Å². The predicted molar refractivity (Wildman–Crippen MR) is 27.0 cm³/mol. The summed E-state index contributed by atoms with van der Waals surface area (Å²) in [5, 5.41) is 8.49. The van der Waals surface area contributed by atoms with Gasteiger partial charge in [0, 0.05) is 6.42 Å². The molecule has 0 atom stereocenters. The second kappa shape index (κ2) is 2.23. The van der Waals surface area contributed by atoms with Crippen LogP contribution in [-0.2, 0) is 0 Å². The number of hydrogen-bond acceptors (Lipinski definition) is 4. The van der Waals surface area contributed by atoms with E-state index in [0.717, 1.165) is 0 Å². The van der Waals surface area contributed by atoms with Crippen molar-refractivity contribution < 1.29 is 5.11 Å². The first-order valence-electron chi connectivity index (χ1n) is 2.06. The molecule has 0 aliphatic heterocycles. The van der Waals surface area contributed by atoms with Crippen LogP contribution in [0.2, 0.25) is 0 Å². The fourth-order valence-corrected chi connectivity index (χ4v) is 0.231. The number of hydrogen-bond donors (Lipinski definition) is 4. The topological polar surface area (TPSA) is 98.3 Å². The fourth-order valence-electron chi connectivity index (χ4n) is 0.231. The lowest BCUT2D eigenvalue weighted by atomic mass is 10.3. The molecule has 7 heavy (non-hydrogen) atoms. The molecular formula is C3H11N3O. The van der Waals surface area contributed by atoms with Crippen LogP contribution in [0, 0.1) is 0 Å². The first kappa shape index (κ1) is 6.84. The van der Waals surface area contributed by atoms with Gasteiger partial charge in [-0.1, -0.05) is 0 Å². The van der Waals surface area contributed by atoms with Gasteiger partial charge in [0.1, 0.15) is 0 Å². The van der Waals surface area contributed by atoms with Gasteiger partial charge in [0.15, 0.2) is 5.85 Å². The monoisotopic (exact) mass is 105 g/mol. The normalized spacial score (nSPS) is 12.0. The minimum absolute atomic E-state index is 0.229. The highest BCUT2D eigenvalue weighted by Gasteiger charge is 2.09.